The molecule has 1 aliphatic rings. The van der Waals surface area contributed by atoms with Gasteiger partial charge in [0.15, 0.2) is 0 Å². The number of carbonyl (C=O) groups is 2. The SMILES string of the molecule is O=C1S/C(=C\c2cc(I)c(O)c(I)c2)C(=O)N1Cc1ccc(F)cc1Cl. The van der Waals surface area contributed by atoms with Gasteiger partial charge in [0.05, 0.1) is 18.6 Å². The van der Waals surface area contributed by atoms with Crippen molar-refractivity contribution in [2.24, 2.45) is 0 Å². The summed E-state index contributed by atoms with van der Waals surface area (Å²) in [6, 6.07) is 7.28. The highest BCUT2D eigenvalue weighted by atomic mass is 127. The Balaban J connectivity index is 1.87. The van der Waals surface area contributed by atoms with Gasteiger partial charge in [-0.05, 0) is 98.4 Å². The molecule has 0 spiro atoms. The number of imide groups is 1. The van der Waals surface area contributed by atoms with Crippen LogP contribution in [0.2, 0.25) is 5.02 Å². The Bertz CT molecular complexity index is 944. The van der Waals surface area contributed by atoms with Crippen LogP contribution in [0.3, 0.4) is 0 Å². The van der Waals surface area contributed by atoms with E-state index >= 15 is 0 Å². The van der Waals surface area contributed by atoms with E-state index in [9.17, 15) is 19.1 Å². The number of halogens is 4. The minimum absolute atomic E-state index is 0.0221. The zero-order valence-electron chi connectivity index (χ0n) is 12.8. The van der Waals surface area contributed by atoms with Gasteiger partial charge in [0, 0.05) is 5.02 Å². The fraction of sp³-hybridized carbons (Fsp3) is 0.0588. The summed E-state index contributed by atoms with van der Waals surface area (Å²) in [6.07, 6.45) is 1.61. The van der Waals surface area contributed by atoms with Gasteiger partial charge in [0.25, 0.3) is 11.1 Å². The number of hydrogen-bond donors (Lipinski definition) is 1. The number of rotatable bonds is 3. The van der Waals surface area contributed by atoms with Crippen molar-refractivity contribution in [3.63, 3.8) is 0 Å². The van der Waals surface area contributed by atoms with E-state index in [1.165, 1.54) is 12.1 Å². The van der Waals surface area contributed by atoms with Crippen LogP contribution < -0.4 is 0 Å². The standard InChI is InChI=1S/C17H9ClFI2NO3S/c18-11-6-10(19)2-1-9(11)7-22-16(24)14(26-17(22)25)5-8-3-12(20)15(23)13(21)4-8/h1-6,23H,7H2/b14-5-. The van der Waals surface area contributed by atoms with E-state index in [4.69, 9.17) is 11.6 Å². The Kier molecular flexibility index (Phi) is 6.14. The maximum atomic E-state index is 13.1. The van der Waals surface area contributed by atoms with Crippen molar-refractivity contribution >= 4 is 85.8 Å². The van der Waals surface area contributed by atoms with E-state index in [1.54, 1.807) is 18.2 Å². The number of nitrogens with zero attached hydrogens (tertiary/aromatic N) is 1. The first-order valence-electron chi connectivity index (χ1n) is 7.13. The molecule has 0 unspecified atom stereocenters. The van der Waals surface area contributed by atoms with Crippen LogP contribution in [0.5, 0.6) is 5.75 Å². The smallest absolute Gasteiger partial charge is 0.293 e. The summed E-state index contributed by atoms with van der Waals surface area (Å²) in [7, 11) is 0. The van der Waals surface area contributed by atoms with Crippen LogP contribution in [-0.2, 0) is 11.3 Å². The molecule has 1 saturated heterocycles. The molecule has 2 amide bonds. The van der Waals surface area contributed by atoms with E-state index in [-0.39, 0.29) is 22.2 Å². The molecule has 4 nitrogen and oxygen atoms in total. The Morgan fingerprint density at radius 1 is 1.19 bits per heavy atom. The molecule has 0 bridgehead atoms. The summed E-state index contributed by atoms with van der Waals surface area (Å²) >= 11 is 10.8. The van der Waals surface area contributed by atoms with Gasteiger partial charge in [-0.15, -0.1) is 0 Å². The maximum absolute atomic E-state index is 13.1. The second kappa shape index (κ2) is 8.03. The molecular formula is C17H9ClFI2NO3S. The third-order valence-corrected chi connectivity index (χ3v) is 6.46. The molecule has 3 rings (SSSR count). The number of aromatic hydroxyl groups is 1. The molecule has 9 heteroatoms. The predicted octanol–water partition coefficient (Wildman–Crippen LogP) is 5.63. The third kappa shape index (κ3) is 4.18. The zero-order chi connectivity index (χ0) is 19.0. The first-order valence-corrected chi connectivity index (χ1v) is 10.5. The fourth-order valence-corrected chi connectivity index (χ4v) is 5.16. The minimum Gasteiger partial charge on any atom is -0.506 e. The molecule has 1 heterocycles. The Hall–Kier alpha value is -0.850. The summed E-state index contributed by atoms with van der Waals surface area (Å²) in [5.41, 5.74) is 1.20. The van der Waals surface area contributed by atoms with Gasteiger partial charge in [-0.1, -0.05) is 17.7 Å². The third-order valence-electron chi connectivity index (χ3n) is 3.55. The van der Waals surface area contributed by atoms with E-state index in [0.29, 0.717) is 18.3 Å². The van der Waals surface area contributed by atoms with Crippen molar-refractivity contribution in [3.05, 3.63) is 64.3 Å². The van der Waals surface area contributed by atoms with Crippen molar-refractivity contribution in [2.75, 3.05) is 0 Å². The number of hydrogen-bond acceptors (Lipinski definition) is 4. The van der Waals surface area contributed by atoms with E-state index in [0.717, 1.165) is 22.7 Å². The second-order valence-electron chi connectivity index (χ2n) is 5.34. The van der Waals surface area contributed by atoms with Crippen LogP contribution in [0.25, 0.3) is 6.08 Å². The van der Waals surface area contributed by atoms with Gasteiger partial charge in [-0.25, -0.2) is 4.39 Å². The van der Waals surface area contributed by atoms with Gasteiger partial charge >= 0.3 is 0 Å². The number of thioether (sulfide) groups is 1. The number of phenolic OH excluding ortho intramolecular Hbond substituents is 1. The summed E-state index contributed by atoms with van der Waals surface area (Å²) in [6.45, 7) is -0.0221. The van der Waals surface area contributed by atoms with E-state index < -0.39 is 17.0 Å². The molecule has 1 aliphatic heterocycles. The van der Waals surface area contributed by atoms with E-state index in [2.05, 4.69) is 0 Å². The quantitative estimate of drug-likeness (QED) is 0.360. The predicted molar refractivity (Wildman–Crippen MR) is 116 cm³/mol. The Morgan fingerprint density at radius 3 is 2.46 bits per heavy atom. The highest BCUT2D eigenvalue weighted by Crippen LogP contribution is 2.35. The zero-order valence-corrected chi connectivity index (χ0v) is 18.7. The lowest BCUT2D eigenvalue weighted by atomic mass is 10.2. The average molecular weight is 616 g/mol. The lowest BCUT2D eigenvalue weighted by molar-refractivity contribution is -0.123. The topological polar surface area (TPSA) is 57.6 Å². The number of benzene rings is 2. The lowest BCUT2D eigenvalue weighted by Gasteiger charge is -2.13. The van der Waals surface area contributed by atoms with Gasteiger partial charge in [0.2, 0.25) is 0 Å². The highest BCUT2D eigenvalue weighted by molar-refractivity contribution is 14.1. The Labute approximate surface area is 185 Å². The Morgan fingerprint density at radius 2 is 1.85 bits per heavy atom. The molecule has 1 N–H and O–H groups in total. The van der Waals surface area contributed by atoms with Crippen LogP contribution in [-0.4, -0.2) is 21.2 Å². The summed E-state index contributed by atoms with van der Waals surface area (Å²) in [5.74, 6) is -0.731. The average Bonchev–Trinajstić information content (AvgIpc) is 2.82. The molecule has 0 atom stereocenters. The van der Waals surface area contributed by atoms with Crippen molar-refractivity contribution in [2.45, 2.75) is 6.54 Å². The monoisotopic (exact) mass is 615 g/mol. The molecule has 0 saturated carbocycles. The first-order chi connectivity index (χ1) is 12.3. The van der Waals surface area contributed by atoms with Crippen LogP contribution in [0.15, 0.2) is 35.2 Å². The summed E-state index contributed by atoms with van der Waals surface area (Å²) < 4.78 is 14.5. The van der Waals surface area contributed by atoms with Crippen LogP contribution in [0.1, 0.15) is 11.1 Å². The molecule has 0 aromatic heterocycles. The summed E-state index contributed by atoms with van der Waals surface area (Å²) in [4.78, 5) is 26.2. The summed E-state index contributed by atoms with van der Waals surface area (Å²) in [5, 5.41) is 9.58. The van der Waals surface area contributed by atoms with Crippen molar-refractivity contribution in [1.82, 2.24) is 4.90 Å². The van der Waals surface area contributed by atoms with Crippen LogP contribution in [0.4, 0.5) is 9.18 Å². The van der Waals surface area contributed by atoms with Gasteiger partial charge < -0.3 is 5.11 Å². The van der Waals surface area contributed by atoms with Gasteiger partial charge in [-0.2, -0.15) is 0 Å². The number of carbonyl (C=O) groups excluding carboxylic acids is 2. The minimum atomic E-state index is -0.482. The first kappa shape index (κ1) is 19.9. The number of phenols is 1. The highest BCUT2D eigenvalue weighted by Gasteiger charge is 2.35. The maximum Gasteiger partial charge on any atom is 0.293 e. The van der Waals surface area contributed by atoms with Crippen LogP contribution in [0, 0.1) is 13.0 Å². The van der Waals surface area contributed by atoms with Gasteiger partial charge in [0.1, 0.15) is 11.6 Å². The molecule has 1 fully saturated rings. The molecule has 26 heavy (non-hydrogen) atoms. The molecular weight excluding hydrogens is 607 g/mol. The second-order valence-corrected chi connectivity index (χ2v) is 9.06. The largest absolute Gasteiger partial charge is 0.506 e. The normalized spacial score (nSPS) is 16.0. The van der Waals surface area contributed by atoms with Crippen LogP contribution >= 0.6 is 68.5 Å². The molecule has 134 valence electrons. The van der Waals surface area contributed by atoms with Crippen molar-refractivity contribution in [1.29, 1.82) is 0 Å². The van der Waals surface area contributed by atoms with Crippen molar-refractivity contribution < 1.29 is 19.1 Å². The fourth-order valence-electron chi connectivity index (χ4n) is 2.28. The molecule has 0 radical (unpaired) electrons. The van der Waals surface area contributed by atoms with Gasteiger partial charge in [-0.3, -0.25) is 14.5 Å². The molecule has 2 aromatic rings. The molecule has 0 aliphatic carbocycles. The van der Waals surface area contributed by atoms with E-state index in [1.807, 2.05) is 45.2 Å². The molecule has 2 aromatic carbocycles. The van der Waals surface area contributed by atoms with Crippen molar-refractivity contribution in [3.8, 4) is 5.75 Å². The lowest BCUT2D eigenvalue weighted by Crippen LogP contribution is -2.27. The number of amides is 2.